The molecule has 0 aliphatic heterocycles. The molecule has 0 saturated heterocycles. The molecule has 0 spiro atoms. The molecule has 1 unspecified atom stereocenters. The van der Waals surface area contributed by atoms with Crippen LogP contribution in [0.4, 0.5) is 5.13 Å². The van der Waals surface area contributed by atoms with Gasteiger partial charge < -0.3 is 15.3 Å². The van der Waals surface area contributed by atoms with Crippen LogP contribution in [0.25, 0.3) is 0 Å². The Morgan fingerprint density at radius 2 is 2.25 bits per heavy atom. The maximum atomic E-state index is 8.85. The molecule has 1 heterocycles. The Bertz CT molecular complexity index is 293. The zero-order chi connectivity index (χ0) is 11.3. The van der Waals surface area contributed by atoms with Crippen molar-refractivity contribution in [2.24, 2.45) is 5.92 Å². The van der Waals surface area contributed by atoms with Crippen LogP contribution >= 0.6 is 23.7 Å². The zero-order valence-corrected chi connectivity index (χ0v) is 11.6. The fourth-order valence-corrected chi connectivity index (χ4v) is 1.89. The van der Waals surface area contributed by atoms with Crippen molar-refractivity contribution in [2.75, 3.05) is 32.1 Å². The minimum absolute atomic E-state index is 0. The highest BCUT2D eigenvalue weighted by atomic mass is 35.5. The highest BCUT2D eigenvalue weighted by Gasteiger charge is 2.04. The van der Waals surface area contributed by atoms with Gasteiger partial charge in [0.15, 0.2) is 5.13 Å². The Kier molecular flexibility index (Phi) is 7.66. The van der Waals surface area contributed by atoms with Gasteiger partial charge in [-0.15, -0.1) is 23.7 Å². The number of nitrogens with zero attached hydrogens (tertiary/aromatic N) is 2. The van der Waals surface area contributed by atoms with Crippen LogP contribution in [0.3, 0.4) is 0 Å². The predicted octanol–water partition coefficient (Wildman–Crippen LogP) is 1.35. The zero-order valence-electron chi connectivity index (χ0n) is 9.93. The van der Waals surface area contributed by atoms with Crippen molar-refractivity contribution in [1.82, 2.24) is 10.3 Å². The molecule has 1 aromatic heterocycles. The largest absolute Gasteiger partial charge is 0.396 e. The Morgan fingerprint density at radius 1 is 1.56 bits per heavy atom. The lowest BCUT2D eigenvalue weighted by atomic mass is 10.2. The third-order valence-corrected chi connectivity index (χ3v) is 3.19. The van der Waals surface area contributed by atoms with E-state index in [1.165, 1.54) is 4.88 Å². The van der Waals surface area contributed by atoms with Crippen molar-refractivity contribution in [3.63, 3.8) is 0 Å². The van der Waals surface area contributed by atoms with Crippen molar-refractivity contribution in [2.45, 2.75) is 13.5 Å². The van der Waals surface area contributed by atoms with E-state index in [-0.39, 0.29) is 19.0 Å². The smallest absolute Gasteiger partial charge is 0.185 e. The van der Waals surface area contributed by atoms with Gasteiger partial charge in [0.25, 0.3) is 0 Å². The van der Waals surface area contributed by atoms with Crippen molar-refractivity contribution >= 4 is 28.9 Å². The number of thiazole rings is 1. The Balaban J connectivity index is 0.00000225. The van der Waals surface area contributed by atoms with Crippen LogP contribution in [0.15, 0.2) is 6.20 Å². The second-order valence-corrected chi connectivity index (χ2v) is 5.02. The second-order valence-electron chi connectivity index (χ2n) is 3.92. The van der Waals surface area contributed by atoms with E-state index in [0.29, 0.717) is 5.92 Å². The average Bonchev–Trinajstić information content (AvgIpc) is 2.66. The highest BCUT2D eigenvalue weighted by molar-refractivity contribution is 7.15. The number of aliphatic hydroxyl groups excluding tert-OH is 1. The van der Waals surface area contributed by atoms with Gasteiger partial charge in [0.1, 0.15) is 0 Å². The van der Waals surface area contributed by atoms with E-state index in [1.807, 2.05) is 32.1 Å². The van der Waals surface area contributed by atoms with E-state index < -0.39 is 0 Å². The molecule has 0 radical (unpaired) electrons. The van der Waals surface area contributed by atoms with E-state index >= 15 is 0 Å². The number of hydrogen-bond donors (Lipinski definition) is 2. The first kappa shape index (κ1) is 15.6. The summed E-state index contributed by atoms with van der Waals surface area (Å²) in [6.45, 7) is 3.92. The van der Waals surface area contributed by atoms with Gasteiger partial charge in [-0.1, -0.05) is 6.92 Å². The van der Waals surface area contributed by atoms with E-state index in [2.05, 4.69) is 10.3 Å². The van der Waals surface area contributed by atoms with Crippen molar-refractivity contribution in [1.29, 1.82) is 0 Å². The van der Waals surface area contributed by atoms with Gasteiger partial charge in [0.05, 0.1) is 0 Å². The summed E-state index contributed by atoms with van der Waals surface area (Å²) < 4.78 is 0. The summed E-state index contributed by atoms with van der Waals surface area (Å²) in [5, 5.41) is 13.2. The van der Waals surface area contributed by atoms with E-state index in [0.717, 1.165) is 18.2 Å². The van der Waals surface area contributed by atoms with Crippen LogP contribution in [0.2, 0.25) is 0 Å². The number of hydrogen-bond acceptors (Lipinski definition) is 5. The summed E-state index contributed by atoms with van der Waals surface area (Å²) in [6, 6.07) is 0. The fourth-order valence-electron chi connectivity index (χ4n) is 1.09. The van der Waals surface area contributed by atoms with Gasteiger partial charge in [0.2, 0.25) is 0 Å². The third-order valence-electron chi connectivity index (χ3n) is 2.03. The molecular weight excluding hydrogens is 246 g/mol. The van der Waals surface area contributed by atoms with Gasteiger partial charge in [-0.25, -0.2) is 4.98 Å². The predicted molar refractivity (Wildman–Crippen MR) is 71.6 cm³/mol. The quantitative estimate of drug-likeness (QED) is 0.815. The molecule has 1 aromatic rings. The molecule has 2 N–H and O–H groups in total. The molecule has 0 bridgehead atoms. The van der Waals surface area contributed by atoms with Crippen LogP contribution in [0, 0.1) is 5.92 Å². The van der Waals surface area contributed by atoms with Gasteiger partial charge in [-0.2, -0.15) is 0 Å². The third kappa shape index (κ3) is 5.12. The highest BCUT2D eigenvalue weighted by Crippen LogP contribution is 2.19. The number of anilines is 1. The normalized spacial score (nSPS) is 12.0. The topological polar surface area (TPSA) is 48.4 Å². The monoisotopic (exact) mass is 265 g/mol. The molecule has 0 aliphatic rings. The maximum absolute atomic E-state index is 8.85. The summed E-state index contributed by atoms with van der Waals surface area (Å²) in [4.78, 5) is 7.52. The second kappa shape index (κ2) is 7.84. The summed E-state index contributed by atoms with van der Waals surface area (Å²) >= 11 is 1.69. The van der Waals surface area contributed by atoms with Gasteiger partial charge in [-0.3, -0.25) is 0 Å². The molecule has 0 aliphatic carbocycles. The van der Waals surface area contributed by atoms with Crippen molar-refractivity contribution < 1.29 is 5.11 Å². The van der Waals surface area contributed by atoms with E-state index in [4.69, 9.17) is 5.11 Å². The van der Waals surface area contributed by atoms with Crippen LogP contribution in [0.5, 0.6) is 0 Å². The van der Waals surface area contributed by atoms with Crippen LogP contribution in [0.1, 0.15) is 11.8 Å². The van der Waals surface area contributed by atoms with Gasteiger partial charge in [0, 0.05) is 44.9 Å². The van der Waals surface area contributed by atoms with Crippen molar-refractivity contribution in [3.8, 4) is 0 Å². The molecule has 0 fully saturated rings. The molecule has 4 nitrogen and oxygen atoms in total. The summed E-state index contributed by atoms with van der Waals surface area (Å²) in [6.07, 6.45) is 1.90. The molecular formula is C10H20ClN3OS. The van der Waals surface area contributed by atoms with Crippen LogP contribution in [-0.2, 0) is 6.54 Å². The fraction of sp³-hybridized carbons (Fsp3) is 0.700. The summed E-state index contributed by atoms with van der Waals surface area (Å²) in [5.41, 5.74) is 0. The number of rotatable bonds is 6. The first-order chi connectivity index (χ1) is 7.13. The van der Waals surface area contributed by atoms with Gasteiger partial charge in [-0.05, 0) is 5.92 Å². The Labute approximate surface area is 107 Å². The van der Waals surface area contributed by atoms with E-state index in [9.17, 15) is 0 Å². The number of aromatic nitrogens is 1. The summed E-state index contributed by atoms with van der Waals surface area (Å²) in [7, 11) is 3.98. The summed E-state index contributed by atoms with van der Waals surface area (Å²) in [5.74, 6) is 0.311. The SMILES string of the molecule is CC(CO)CNCc1cnc(N(C)C)s1.Cl. The minimum atomic E-state index is 0. The Morgan fingerprint density at radius 3 is 2.75 bits per heavy atom. The Hall–Kier alpha value is -0.360. The molecule has 1 atom stereocenters. The lowest BCUT2D eigenvalue weighted by Gasteiger charge is -2.08. The minimum Gasteiger partial charge on any atom is -0.396 e. The van der Waals surface area contributed by atoms with E-state index in [1.54, 1.807) is 11.3 Å². The molecule has 0 amide bonds. The molecule has 6 heteroatoms. The standard InChI is InChI=1S/C10H19N3OS.ClH/c1-8(7-14)4-11-5-9-6-12-10(15-9)13(2)3;/h6,8,11,14H,4-5,7H2,1-3H3;1H. The van der Waals surface area contributed by atoms with Crippen molar-refractivity contribution in [3.05, 3.63) is 11.1 Å². The van der Waals surface area contributed by atoms with Crippen LogP contribution < -0.4 is 10.2 Å². The lowest BCUT2D eigenvalue weighted by molar-refractivity contribution is 0.233. The maximum Gasteiger partial charge on any atom is 0.185 e. The molecule has 0 saturated carbocycles. The lowest BCUT2D eigenvalue weighted by Crippen LogP contribution is -2.22. The molecule has 16 heavy (non-hydrogen) atoms. The first-order valence-corrected chi connectivity index (χ1v) is 5.88. The number of aliphatic hydroxyl groups is 1. The first-order valence-electron chi connectivity index (χ1n) is 5.07. The molecule has 94 valence electrons. The van der Waals surface area contributed by atoms with Gasteiger partial charge >= 0.3 is 0 Å². The number of nitrogens with one attached hydrogen (secondary N) is 1. The average molecular weight is 266 g/mol. The van der Waals surface area contributed by atoms with Crippen LogP contribution in [-0.4, -0.2) is 37.3 Å². The molecule has 0 aromatic carbocycles. The number of halogens is 1. The molecule has 1 rings (SSSR count).